The van der Waals surface area contributed by atoms with Crippen LogP contribution in [0.5, 0.6) is 0 Å². The lowest BCUT2D eigenvalue weighted by atomic mass is 10.0. The van der Waals surface area contributed by atoms with Gasteiger partial charge >= 0.3 is 6.03 Å². The molecule has 0 radical (unpaired) electrons. The van der Waals surface area contributed by atoms with Crippen molar-refractivity contribution in [2.24, 2.45) is 5.92 Å². The van der Waals surface area contributed by atoms with Crippen LogP contribution in [0.25, 0.3) is 0 Å². The third kappa shape index (κ3) is 3.83. The minimum atomic E-state index is -0.0200. The Hall–Kier alpha value is -0.810. The van der Waals surface area contributed by atoms with Crippen molar-refractivity contribution in [2.45, 2.75) is 56.7 Å². The molecule has 0 aromatic rings. The van der Waals surface area contributed by atoms with E-state index in [1.165, 1.54) is 12.8 Å². The fraction of sp³-hybridized carbons (Fsp3) is 0.929. The molecule has 0 spiro atoms. The first kappa shape index (κ1) is 13.2. The number of amides is 2. The lowest BCUT2D eigenvalue weighted by Gasteiger charge is -2.31. The van der Waals surface area contributed by atoms with E-state index in [9.17, 15) is 4.79 Å². The Morgan fingerprint density at radius 3 is 2.32 bits per heavy atom. The third-order valence-corrected chi connectivity index (χ3v) is 4.35. The summed E-state index contributed by atoms with van der Waals surface area (Å²) in [6, 6.07) is 0.528. The van der Waals surface area contributed by atoms with Gasteiger partial charge in [-0.15, -0.1) is 0 Å². The molecule has 0 aromatic carbocycles. The molecule has 5 heteroatoms. The van der Waals surface area contributed by atoms with Gasteiger partial charge in [0.1, 0.15) is 0 Å². The van der Waals surface area contributed by atoms with Gasteiger partial charge in [-0.05, 0) is 44.4 Å². The highest BCUT2D eigenvalue weighted by molar-refractivity contribution is 5.74. The first-order valence-electron chi connectivity index (χ1n) is 7.57. The summed E-state index contributed by atoms with van der Waals surface area (Å²) in [4.78, 5) is 12.0. The van der Waals surface area contributed by atoms with Crippen LogP contribution < -0.4 is 10.6 Å². The third-order valence-electron chi connectivity index (χ3n) is 4.35. The molecule has 2 heterocycles. The summed E-state index contributed by atoms with van der Waals surface area (Å²) in [5, 5.41) is 6.16. The fourth-order valence-electron chi connectivity index (χ4n) is 3.01. The molecule has 19 heavy (non-hydrogen) atoms. The van der Waals surface area contributed by atoms with Crippen LogP contribution in [0.2, 0.25) is 0 Å². The van der Waals surface area contributed by atoms with E-state index in [0.717, 1.165) is 51.4 Å². The van der Waals surface area contributed by atoms with E-state index in [-0.39, 0.29) is 18.1 Å². The minimum absolute atomic E-state index is 0.0200. The molecule has 2 aliphatic heterocycles. The molecule has 5 nitrogen and oxygen atoms in total. The highest BCUT2D eigenvalue weighted by Gasteiger charge is 2.36. The number of ether oxygens (including phenoxy) is 2. The zero-order valence-corrected chi connectivity index (χ0v) is 11.4. The Labute approximate surface area is 114 Å². The summed E-state index contributed by atoms with van der Waals surface area (Å²) in [6.45, 7) is 2.29. The predicted molar refractivity (Wildman–Crippen MR) is 71.0 cm³/mol. The molecule has 2 amide bonds. The van der Waals surface area contributed by atoms with E-state index in [2.05, 4.69) is 10.6 Å². The van der Waals surface area contributed by atoms with Crippen LogP contribution in [0.1, 0.15) is 38.5 Å². The predicted octanol–water partition coefficient (Wildman–Crippen LogP) is 1.42. The van der Waals surface area contributed by atoms with E-state index in [1.807, 2.05) is 0 Å². The minimum Gasteiger partial charge on any atom is -0.381 e. The van der Waals surface area contributed by atoms with Crippen molar-refractivity contribution < 1.29 is 14.3 Å². The number of nitrogens with one attached hydrogen (secondary N) is 2. The summed E-state index contributed by atoms with van der Waals surface area (Å²) in [6.07, 6.45) is 6.73. The van der Waals surface area contributed by atoms with Crippen LogP contribution in [-0.4, -0.2) is 44.0 Å². The summed E-state index contributed by atoms with van der Waals surface area (Å²) in [7, 11) is 0. The van der Waals surface area contributed by atoms with Crippen LogP contribution in [0, 0.1) is 5.92 Å². The molecule has 0 unspecified atom stereocenters. The Morgan fingerprint density at radius 1 is 0.895 bits per heavy atom. The van der Waals surface area contributed by atoms with Crippen LogP contribution >= 0.6 is 0 Å². The van der Waals surface area contributed by atoms with E-state index >= 15 is 0 Å². The maximum absolute atomic E-state index is 12.0. The van der Waals surface area contributed by atoms with Gasteiger partial charge in [0.15, 0.2) is 0 Å². The average molecular weight is 268 g/mol. The van der Waals surface area contributed by atoms with Crippen LogP contribution in [0.3, 0.4) is 0 Å². The molecule has 1 aliphatic carbocycles. The molecule has 2 atom stereocenters. The molecule has 1 saturated carbocycles. The summed E-state index contributed by atoms with van der Waals surface area (Å²) >= 11 is 0. The Bertz CT molecular complexity index is 314. The van der Waals surface area contributed by atoms with Crippen molar-refractivity contribution in [3.8, 4) is 0 Å². The molecule has 3 fully saturated rings. The monoisotopic (exact) mass is 268 g/mol. The van der Waals surface area contributed by atoms with Gasteiger partial charge in [0.2, 0.25) is 0 Å². The molecule has 3 aliphatic rings. The van der Waals surface area contributed by atoms with Gasteiger partial charge < -0.3 is 20.1 Å². The number of rotatable bonds is 3. The highest BCUT2D eigenvalue weighted by Crippen LogP contribution is 2.38. The molecule has 3 rings (SSSR count). The molecule has 2 saturated heterocycles. The zero-order valence-electron chi connectivity index (χ0n) is 11.4. The van der Waals surface area contributed by atoms with Crippen molar-refractivity contribution in [1.29, 1.82) is 0 Å². The first-order chi connectivity index (χ1) is 9.31. The van der Waals surface area contributed by atoms with Crippen LogP contribution in [-0.2, 0) is 9.47 Å². The Morgan fingerprint density at radius 2 is 1.58 bits per heavy atom. The van der Waals surface area contributed by atoms with Crippen LogP contribution in [0.4, 0.5) is 4.79 Å². The Kier molecular flexibility index (Phi) is 4.23. The van der Waals surface area contributed by atoms with Gasteiger partial charge in [0.25, 0.3) is 0 Å². The van der Waals surface area contributed by atoms with Crippen LogP contribution in [0.15, 0.2) is 0 Å². The summed E-state index contributed by atoms with van der Waals surface area (Å²) < 4.78 is 11.1. The quantitative estimate of drug-likeness (QED) is 0.814. The fourth-order valence-corrected chi connectivity index (χ4v) is 3.01. The number of urea groups is 1. The van der Waals surface area contributed by atoms with E-state index < -0.39 is 0 Å². The highest BCUT2D eigenvalue weighted by atomic mass is 16.5. The largest absolute Gasteiger partial charge is 0.381 e. The molecule has 2 N–H and O–H groups in total. The number of carbonyl (C=O) groups is 1. The number of hydrogen-bond donors (Lipinski definition) is 2. The topological polar surface area (TPSA) is 59.6 Å². The van der Waals surface area contributed by atoms with Crippen molar-refractivity contribution >= 4 is 6.03 Å². The van der Waals surface area contributed by atoms with Gasteiger partial charge in [0, 0.05) is 31.9 Å². The van der Waals surface area contributed by atoms with Gasteiger partial charge in [-0.25, -0.2) is 4.79 Å². The second kappa shape index (κ2) is 6.09. The SMILES string of the molecule is O=C(NC1CCOCC1)N[C@@H]1CCO[C@@H](C2CC2)C1. The normalized spacial score (nSPS) is 32.8. The first-order valence-corrected chi connectivity index (χ1v) is 7.57. The van der Waals surface area contributed by atoms with Gasteiger partial charge in [-0.2, -0.15) is 0 Å². The Balaban J connectivity index is 1.40. The summed E-state index contributed by atoms with van der Waals surface area (Å²) in [5.74, 6) is 0.753. The maximum Gasteiger partial charge on any atom is 0.315 e. The van der Waals surface area contributed by atoms with Crippen molar-refractivity contribution in [1.82, 2.24) is 10.6 Å². The van der Waals surface area contributed by atoms with Crippen molar-refractivity contribution in [3.63, 3.8) is 0 Å². The number of hydrogen-bond acceptors (Lipinski definition) is 3. The standard InChI is InChI=1S/C14H24N2O3/c17-14(15-11-3-6-18-7-4-11)16-12-5-8-19-13(9-12)10-1-2-10/h10-13H,1-9H2,(H2,15,16,17)/t12-,13-/m1/s1. The molecule has 0 bridgehead atoms. The van der Waals surface area contributed by atoms with Gasteiger partial charge in [-0.3, -0.25) is 0 Å². The van der Waals surface area contributed by atoms with E-state index in [1.54, 1.807) is 0 Å². The lowest BCUT2D eigenvalue weighted by Crippen LogP contribution is -2.50. The second-order valence-corrected chi connectivity index (χ2v) is 5.97. The van der Waals surface area contributed by atoms with E-state index in [0.29, 0.717) is 6.10 Å². The smallest absolute Gasteiger partial charge is 0.315 e. The number of carbonyl (C=O) groups excluding carboxylic acids is 1. The molecule has 0 aromatic heterocycles. The lowest BCUT2D eigenvalue weighted by molar-refractivity contribution is -0.00927. The van der Waals surface area contributed by atoms with Gasteiger partial charge in [0.05, 0.1) is 6.10 Å². The van der Waals surface area contributed by atoms with Crippen molar-refractivity contribution in [3.05, 3.63) is 0 Å². The molecular weight excluding hydrogens is 244 g/mol. The molecular formula is C14H24N2O3. The summed E-state index contributed by atoms with van der Waals surface area (Å²) in [5.41, 5.74) is 0. The molecule has 108 valence electrons. The van der Waals surface area contributed by atoms with Gasteiger partial charge in [-0.1, -0.05) is 0 Å². The zero-order chi connectivity index (χ0) is 13.1. The maximum atomic E-state index is 12.0. The average Bonchev–Trinajstić information content (AvgIpc) is 3.24. The van der Waals surface area contributed by atoms with E-state index in [4.69, 9.17) is 9.47 Å². The second-order valence-electron chi connectivity index (χ2n) is 5.97. The van der Waals surface area contributed by atoms with Crippen molar-refractivity contribution in [2.75, 3.05) is 19.8 Å².